The third kappa shape index (κ3) is 5.05. The van der Waals surface area contributed by atoms with Gasteiger partial charge in [-0.15, -0.1) is 0 Å². The third-order valence-electron chi connectivity index (χ3n) is 3.70. The fourth-order valence-electron chi connectivity index (χ4n) is 2.73. The topological polar surface area (TPSA) is 64.8 Å². The Labute approximate surface area is 139 Å². The van der Waals surface area contributed by atoms with E-state index in [2.05, 4.69) is 0 Å². The number of nitrogens with zero attached hydrogens (tertiary/aromatic N) is 1. The van der Waals surface area contributed by atoms with Gasteiger partial charge in [-0.1, -0.05) is 0 Å². The number of hydrogen-bond donors (Lipinski definition) is 1. The van der Waals surface area contributed by atoms with Crippen LogP contribution in [0.2, 0.25) is 0 Å². The van der Waals surface area contributed by atoms with E-state index < -0.39 is 0 Å². The minimum atomic E-state index is -0.179. The number of hydrogen-bond acceptors (Lipinski definition) is 4. The first-order valence-corrected chi connectivity index (χ1v) is 8.14. The molecule has 0 unspecified atom stereocenters. The second-order valence-electron chi connectivity index (χ2n) is 6.45. The van der Waals surface area contributed by atoms with E-state index >= 15 is 0 Å². The van der Waals surface area contributed by atoms with Crippen molar-refractivity contribution in [1.82, 2.24) is 4.90 Å². The molecule has 1 aromatic rings. The van der Waals surface area contributed by atoms with Crippen LogP contribution in [-0.4, -0.2) is 36.6 Å². The van der Waals surface area contributed by atoms with Crippen LogP contribution >= 0.6 is 0 Å². The van der Waals surface area contributed by atoms with Crippen molar-refractivity contribution in [3.63, 3.8) is 0 Å². The molecule has 0 fully saturated rings. The van der Waals surface area contributed by atoms with Crippen molar-refractivity contribution in [2.75, 3.05) is 26.0 Å². The lowest BCUT2D eigenvalue weighted by Gasteiger charge is -2.35. The van der Waals surface area contributed by atoms with Crippen molar-refractivity contribution in [1.29, 1.82) is 0 Å². The van der Waals surface area contributed by atoms with Crippen molar-refractivity contribution in [2.24, 2.45) is 0 Å². The molecule has 0 atom stereocenters. The van der Waals surface area contributed by atoms with Crippen LogP contribution in [0.25, 0.3) is 0 Å². The Morgan fingerprint density at radius 1 is 1.26 bits per heavy atom. The second kappa shape index (κ2) is 8.09. The van der Waals surface area contributed by atoms with E-state index in [9.17, 15) is 4.79 Å². The summed E-state index contributed by atoms with van der Waals surface area (Å²) in [6.45, 7) is 11.3. The summed E-state index contributed by atoms with van der Waals surface area (Å²) < 4.78 is 11.0. The summed E-state index contributed by atoms with van der Waals surface area (Å²) in [6.07, 6.45) is 0.986. The first kappa shape index (κ1) is 19.1. The van der Waals surface area contributed by atoms with Gasteiger partial charge in [-0.3, -0.25) is 4.79 Å². The molecule has 0 aliphatic rings. The molecule has 0 saturated heterocycles. The normalized spacial score (nSPS) is 11.2. The Morgan fingerprint density at radius 3 is 2.39 bits per heavy atom. The third-order valence-corrected chi connectivity index (χ3v) is 3.70. The number of aryl methyl sites for hydroxylation is 1. The minimum Gasteiger partial charge on any atom is -0.493 e. The summed E-state index contributed by atoms with van der Waals surface area (Å²) in [6, 6.07) is 3.60. The predicted molar refractivity (Wildman–Crippen MR) is 94.0 cm³/mol. The number of carbonyl (C=O) groups excluding carboxylic acids is 1. The SMILES string of the molecule is CCOc1c(CCC(=O)N(CC)C(C)(C)C)cc(N)cc1OC. The van der Waals surface area contributed by atoms with Gasteiger partial charge < -0.3 is 20.1 Å². The van der Waals surface area contributed by atoms with E-state index in [1.165, 1.54) is 0 Å². The van der Waals surface area contributed by atoms with Crippen LogP contribution in [-0.2, 0) is 11.2 Å². The summed E-state index contributed by atoms with van der Waals surface area (Å²) >= 11 is 0. The van der Waals surface area contributed by atoms with Crippen molar-refractivity contribution < 1.29 is 14.3 Å². The zero-order valence-electron chi connectivity index (χ0n) is 15.2. The van der Waals surface area contributed by atoms with Gasteiger partial charge in [0.1, 0.15) is 0 Å². The van der Waals surface area contributed by atoms with Gasteiger partial charge in [0.25, 0.3) is 0 Å². The van der Waals surface area contributed by atoms with Crippen molar-refractivity contribution >= 4 is 11.6 Å². The van der Waals surface area contributed by atoms with Gasteiger partial charge in [0.2, 0.25) is 5.91 Å². The first-order chi connectivity index (χ1) is 10.7. The highest BCUT2D eigenvalue weighted by Crippen LogP contribution is 2.35. The molecule has 1 aromatic carbocycles. The Morgan fingerprint density at radius 2 is 1.91 bits per heavy atom. The summed E-state index contributed by atoms with van der Waals surface area (Å²) in [5.41, 5.74) is 7.26. The highest BCUT2D eigenvalue weighted by molar-refractivity contribution is 5.77. The molecule has 0 aromatic heterocycles. The molecule has 0 aliphatic heterocycles. The van der Waals surface area contributed by atoms with E-state index in [0.717, 1.165) is 5.56 Å². The van der Waals surface area contributed by atoms with Crippen LogP contribution in [0.3, 0.4) is 0 Å². The first-order valence-electron chi connectivity index (χ1n) is 8.14. The number of ether oxygens (including phenoxy) is 2. The number of anilines is 1. The molecule has 1 rings (SSSR count). The van der Waals surface area contributed by atoms with Crippen LogP contribution in [0.4, 0.5) is 5.69 Å². The Bertz CT molecular complexity index is 536. The number of methoxy groups -OCH3 is 1. The molecule has 0 radical (unpaired) electrons. The zero-order valence-corrected chi connectivity index (χ0v) is 15.2. The van der Waals surface area contributed by atoms with Crippen LogP contribution in [0.1, 0.15) is 46.6 Å². The van der Waals surface area contributed by atoms with E-state index in [-0.39, 0.29) is 11.4 Å². The molecule has 5 nitrogen and oxygen atoms in total. The molecule has 1 amide bonds. The van der Waals surface area contributed by atoms with Gasteiger partial charge in [0, 0.05) is 35.8 Å². The number of nitrogen functional groups attached to an aromatic ring is 1. The average Bonchev–Trinajstić information content (AvgIpc) is 2.46. The van der Waals surface area contributed by atoms with E-state index in [1.54, 1.807) is 13.2 Å². The molecule has 0 spiro atoms. The summed E-state index contributed by atoms with van der Waals surface area (Å²) in [5, 5.41) is 0. The number of nitrogens with two attached hydrogens (primary N) is 1. The maximum absolute atomic E-state index is 12.5. The predicted octanol–water partition coefficient (Wildman–Crippen LogP) is 3.26. The largest absolute Gasteiger partial charge is 0.493 e. The van der Waals surface area contributed by atoms with E-state index in [0.29, 0.717) is 43.2 Å². The van der Waals surface area contributed by atoms with Crippen LogP contribution in [0.15, 0.2) is 12.1 Å². The molecule has 5 heteroatoms. The smallest absolute Gasteiger partial charge is 0.223 e. The lowest BCUT2D eigenvalue weighted by atomic mass is 10.0. The summed E-state index contributed by atoms with van der Waals surface area (Å²) in [4.78, 5) is 14.4. The number of amides is 1. The minimum absolute atomic E-state index is 0.129. The van der Waals surface area contributed by atoms with Gasteiger partial charge in [-0.2, -0.15) is 0 Å². The number of carbonyl (C=O) groups is 1. The van der Waals surface area contributed by atoms with Crippen LogP contribution < -0.4 is 15.2 Å². The number of rotatable bonds is 7. The molecule has 0 bridgehead atoms. The Balaban J connectivity index is 2.96. The van der Waals surface area contributed by atoms with Gasteiger partial charge in [0.15, 0.2) is 11.5 Å². The van der Waals surface area contributed by atoms with Crippen LogP contribution in [0, 0.1) is 0 Å². The molecule has 0 aliphatic carbocycles. The maximum Gasteiger partial charge on any atom is 0.223 e. The Hall–Kier alpha value is -1.91. The molecule has 130 valence electrons. The van der Waals surface area contributed by atoms with E-state index in [1.807, 2.05) is 45.6 Å². The monoisotopic (exact) mass is 322 g/mol. The fraction of sp³-hybridized carbons (Fsp3) is 0.611. The molecule has 0 saturated carbocycles. The summed E-state index contributed by atoms with van der Waals surface area (Å²) in [5.74, 6) is 1.41. The maximum atomic E-state index is 12.5. The van der Waals surface area contributed by atoms with Crippen molar-refractivity contribution in [2.45, 2.75) is 53.0 Å². The summed E-state index contributed by atoms with van der Waals surface area (Å²) in [7, 11) is 1.59. The molecular formula is C18H30N2O3. The standard InChI is InChI=1S/C18H30N2O3/c1-7-20(18(3,4)5)16(21)10-9-13-11-14(19)12-15(22-6)17(13)23-8-2/h11-12H,7-10,19H2,1-6H3. The Kier molecular flexibility index (Phi) is 6.73. The quantitative estimate of drug-likeness (QED) is 0.783. The van der Waals surface area contributed by atoms with Crippen molar-refractivity contribution in [3.8, 4) is 11.5 Å². The van der Waals surface area contributed by atoms with Crippen LogP contribution in [0.5, 0.6) is 11.5 Å². The average molecular weight is 322 g/mol. The molecule has 2 N–H and O–H groups in total. The molecule has 0 heterocycles. The van der Waals surface area contributed by atoms with Gasteiger partial charge in [-0.25, -0.2) is 0 Å². The molecular weight excluding hydrogens is 292 g/mol. The highest BCUT2D eigenvalue weighted by Gasteiger charge is 2.25. The lowest BCUT2D eigenvalue weighted by Crippen LogP contribution is -2.45. The van der Waals surface area contributed by atoms with Gasteiger partial charge in [-0.05, 0) is 47.1 Å². The lowest BCUT2D eigenvalue weighted by molar-refractivity contribution is -0.135. The van der Waals surface area contributed by atoms with Gasteiger partial charge >= 0.3 is 0 Å². The second-order valence-corrected chi connectivity index (χ2v) is 6.45. The van der Waals surface area contributed by atoms with Crippen molar-refractivity contribution in [3.05, 3.63) is 17.7 Å². The van der Waals surface area contributed by atoms with Gasteiger partial charge in [0.05, 0.1) is 13.7 Å². The molecule has 23 heavy (non-hydrogen) atoms. The zero-order chi connectivity index (χ0) is 17.6. The fourth-order valence-corrected chi connectivity index (χ4v) is 2.73. The van der Waals surface area contributed by atoms with E-state index in [4.69, 9.17) is 15.2 Å². The number of benzene rings is 1. The highest BCUT2D eigenvalue weighted by atomic mass is 16.5.